The molecule has 15 nitrogen and oxygen atoms in total. The van der Waals surface area contributed by atoms with Gasteiger partial charge in [0.2, 0.25) is 0 Å². The predicted molar refractivity (Wildman–Crippen MR) is 363 cm³/mol. The van der Waals surface area contributed by atoms with E-state index in [9.17, 15) is 5.11 Å². The monoisotopic (exact) mass is 1260 g/mol. The zero-order valence-corrected chi connectivity index (χ0v) is 57.1. The molecule has 0 saturated carbocycles. The van der Waals surface area contributed by atoms with Gasteiger partial charge in [-0.15, -0.1) is 0 Å². The first kappa shape index (κ1) is 76.5. The molecule has 0 spiro atoms. The molecule has 0 saturated heterocycles. The third kappa shape index (κ3) is 26.7. The Hall–Kier alpha value is -6.92. The van der Waals surface area contributed by atoms with Gasteiger partial charge in [0, 0.05) is 96.7 Å². The summed E-state index contributed by atoms with van der Waals surface area (Å²) in [7, 11) is 13.2. The molecule has 0 aliphatic rings. The normalized spacial score (nSPS) is 11.9. The molecule has 0 radical (unpaired) electrons. The van der Waals surface area contributed by atoms with Gasteiger partial charge in [0.1, 0.15) is 74.1 Å². The van der Waals surface area contributed by atoms with Gasteiger partial charge in [-0.1, -0.05) is 96.7 Å². The van der Waals surface area contributed by atoms with Crippen LogP contribution in [0.5, 0.6) is 34.5 Å². The Bertz CT molecular complexity index is 2910. The van der Waals surface area contributed by atoms with Crippen molar-refractivity contribution >= 4 is 0 Å². The Morgan fingerprint density at radius 1 is 0.374 bits per heavy atom. The lowest BCUT2D eigenvalue weighted by Gasteiger charge is -2.19. The number of allylic oxidation sites excluding steroid dienone is 1. The predicted octanol–water partition coefficient (Wildman–Crippen LogP) is 16.8. The van der Waals surface area contributed by atoms with Gasteiger partial charge >= 0.3 is 0 Å². The summed E-state index contributed by atoms with van der Waals surface area (Å²) in [5, 5.41) is 10.7. The first-order valence-corrected chi connectivity index (χ1v) is 31.6. The average molecular weight is 1260 g/mol. The Labute approximate surface area is 544 Å². The van der Waals surface area contributed by atoms with Crippen LogP contribution in [0.2, 0.25) is 0 Å². The number of hydrogen-bond donors (Lipinski definition) is 1. The van der Waals surface area contributed by atoms with E-state index in [4.69, 9.17) is 66.3 Å². The van der Waals surface area contributed by atoms with Crippen LogP contribution in [-0.4, -0.2) is 108 Å². The lowest BCUT2D eigenvalue weighted by atomic mass is 9.95. The summed E-state index contributed by atoms with van der Waals surface area (Å²) in [6.45, 7) is 27.2. The van der Waals surface area contributed by atoms with Crippen molar-refractivity contribution in [1.82, 2.24) is 0 Å². The summed E-state index contributed by atoms with van der Waals surface area (Å²) in [6.07, 6.45) is 4.99. The van der Waals surface area contributed by atoms with Crippen LogP contribution in [0.3, 0.4) is 0 Å². The summed E-state index contributed by atoms with van der Waals surface area (Å²) >= 11 is 0. The van der Waals surface area contributed by atoms with Gasteiger partial charge in [0.15, 0.2) is 0 Å². The fraction of sp³-hybridized carbons (Fsp3) is 0.474. The topological polar surface area (TPSA) is 149 Å². The Morgan fingerprint density at radius 2 is 0.681 bits per heavy atom. The highest BCUT2D eigenvalue weighted by Crippen LogP contribution is 2.37. The van der Waals surface area contributed by atoms with E-state index in [1.807, 2.05) is 60.7 Å². The van der Waals surface area contributed by atoms with E-state index in [1.54, 1.807) is 56.9 Å². The molecule has 15 heteroatoms. The van der Waals surface area contributed by atoms with Crippen LogP contribution in [0.25, 0.3) is 11.1 Å². The van der Waals surface area contributed by atoms with E-state index in [0.717, 1.165) is 111 Å². The molecule has 0 amide bonds. The van der Waals surface area contributed by atoms with Crippen molar-refractivity contribution in [3.05, 3.63) is 189 Å². The molecule has 0 aliphatic carbocycles. The van der Waals surface area contributed by atoms with Crippen molar-refractivity contribution in [3.63, 3.8) is 0 Å². The Kier molecular flexibility index (Phi) is 36.8. The van der Waals surface area contributed by atoms with Crippen molar-refractivity contribution < 1.29 is 71.4 Å². The van der Waals surface area contributed by atoms with Gasteiger partial charge in [-0.05, 0) is 150 Å². The zero-order valence-electron chi connectivity index (χ0n) is 57.1. The van der Waals surface area contributed by atoms with Crippen molar-refractivity contribution in [2.24, 2.45) is 0 Å². The van der Waals surface area contributed by atoms with Crippen LogP contribution >= 0.6 is 0 Å². The number of ether oxygens (including phenoxy) is 14. The maximum atomic E-state index is 10.7. The number of phenolic OH excluding ortho intramolecular Hbond substituents is 1. The quantitative estimate of drug-likeness (QED) is 0.0220. The summed E-state index contributed by atoms with van der Waals surface area (Å²) in [5.74, 6) is 6.70. The standard InChI is InChI=1S/C32H42O7.C24H34O5.C20H30O3/c1-7-22(2)23-8-10-30(11-9-23)38-12-13-39-32-28(20-36-5)16-25(17-29(32)21-37-6)24-14-26(18-34-3)31(33)27(15-24)19-35-4;1-6-18(2)20-7-9-23(10-8-20)28-11-12-29-24-21(16-26-4)13-19(15-25-3)14-22(24)17-27-5;1-6-17(3)19-9-11-20(12-10-19)23-14-13-22-18(4)8-7-16(2)15-21-5/h8-11,14-17,22,33H,7,12-13,18-21H2,1-6H3;7-10,13-14,18H,6,11-12,15-17H2,1-5H3;9-12,17H,2,4,6-8,13-15H2,1,3,5H3. The summed E-state index contributed by atoms with van der Waals surface area (Å²) in [5.41, 5.74) is 13.1. The summed E-state index contributed by atoms with van der Waals surface area (Å²) < 4.78 is 78.0. The first-order valence-electron chi connectivity index (χ1n) is 31.6. The molecular weight excluding hydrogens is 1150 g/mol. The van der Waals surface area contributed by atoms with Crippen LogP contribution in [0, 0.1) is 0 Å². The lowest BCUT2D eigenvalue weighted by Crippen LogP contribution is -2.12. The number of benzene rings is 6. The molecule has 6 aromatic carbocycles. The second-order valence-electron chi connectivity index (χ2n) is 22.5. The minimum atomic E-state index is 0.186. The van der Waals surface area contributed by atoms with Crippen LogP contribution in [-0.2, 0) is 88.9 Å². The van der Waals surface area contributed by atoms with Crippen LogP contribution in [0.1, 0.15) is 147 Å². The molecule has 500 valence electrons. The molecule has 0 aliphatic heterocycles. The van der Waals surface area contributed by atoms with E-state index in [-0.39, 0.29) is 19.0 Å². The van der Waals surface area contributed by atoms with Crippen LogP contribution in [0.4, 0.5) is 0 Å². The van der Waals surface area contributed by atoms with E-state index < -0.39 is 0 Å². The number of aromatic hydroxyl groups is 1. The third-order valence-electron chi connectivity index (χ3n) is 15.4. The Balaban J connectivity index is 0.000000303. The van der Waals surface area contributed by atoms with Crippen molar-refractivity contribution in [1.29, 1.82) is 0 Å². The molecule has 0 aromatic heterocycles. The van der Waals surface area contributed by atoms with Crippen molar-refractivity contribution in [2.45, 2.75) is 138 Å². The van der Waals surface area contributed by atoms with Crippen molar-refractivity contribution in [3.8, 4) is 45.6 Å². The Morgan fingerprint density at radius 3 is 1.01 bits per heavy atom. The molecule has 1 N–H and O–H groups in total. The molecule has 3 atom stereocenters. The minimum Gasteiger partial charge on any atom is -0.507 e. The highest BCUT2D eigenvalue weighted by atomic mass is 16.5. The van der Waals surface area contributed by atoms with Crippen molar-refractivity contribution in [2.75, 3.05) is 103 Å². The SMILES string of the molecule is C=C(CCC(=C)OCCOc1ccc(C(C)CC)cc1)COC.CCC(C)c1ccc(OCCOc2c(COC)cc(-c3cc(COC)c(O)c(COC)c3)cc2COC)cc1.CCC(C)c1ccc(OCCOc2c(COC)cc(COC)cc2COC)cc1. The highest BCUT2D eigenvalue weighted by Gasteiger charge is 2.19. The lowest BCUT2D eigenvalue weighted by molar-refractivity contribution is 0.150. The van der Waals surface area contributed by atoms with Gasteiger partial charge in [0.25, 0.3) is 0 Å². The van der Waals surface area contributed by atoms with Gasteiger partial charge in [-0.2, -0.15) is 0 Å². The van der Waals surface area contributed by atoms with Crippen LogP contribution < -0.4 is 23.7 Å². The molecule has 0 bridgehead atoms. The summed E-state index contributed by atoms with van der Waals surface area (Å²) in [6, 6.07) is 36.9. The number of methoxy groups -OCH3 is 8. The van der Waals surface area contributed by atoms with Gasteiger partial charge in [-0.3, -0.25) is 0 Å². The minimum absolute atomic E-state index is 0.186. The zero-order chi connectivity index (χ0) is 66.3. The van der Waals surface area contributed by atoms with Gasteiger partial charge < -0.3 is 71.4 Å². The first-order chi connectivity index (χ1) is 44.1. The number of rotatable bonds is 41. The molecule has 6 rings (SSSR count). The van der Waals surface area contributed by atoms with Gasteiger partial charge in [-0.25, -0.2) is 0 Å². The largest absolute Gasteiger partial charge is 0.507 e. The van der Waals surface area contributed by atoms with Crippen LogP contribution in [0.15, 0.2) is 134 Å². The maximum absolute atomic E-state index is 10.7. The average Bonchev–Trinajstić information content (AvgIpc) is 1.16. The molecule has 3 unspecified atom stereocenters. The molecule has 0 fully saturated rings. The highest BCUT2D eigenvalue weighted by molar-refractivity contribution is 5.70. The smallest absolute Gasteiger partial charge is 0.130 e. The van der Waals surface area contributed by atoms with E-state index >= 15 is 0 Å². The third-order valence-corrected chi connectivity index (χ3v) is 15.4. The molecule has 6 aromatic rings. The second-order valence-corrected chi connectivity index (χ2v) is 22.5. The molecular formula is C76H106O15. The second kappa shape index (κ2) is 43.8. The van der Waals surface area contributed by atoms with Gasteiger partial charge in [0.05, 0.1) is 58.6 Å². The van der Waals surface area contributed by atoms with E-state index in [1.165, 1.54) is 16.7 Å². The fourth-order valence-corrected chi connectivity index (χ4v) is 9.88. The van der Waals surface area contributed by atoms with E-state index in [0.29, 0.717) is 108 Å². The number of hydrogen-bond acceptors (Lipinski definition) is 15. The fourth-order valence-electron chi connectivity index (χ4n) is 9.88. The maximum Gasteiger partial charge on any atom is 0.130 e. The summed E-state index contributed by atoms with van der Waals surface area (Å²) in [4.78, 5) is 0. The number of phenols is 1. The molecule has 0 heterocycles. The molecule has 91 heavy (non-hydrogen) atoms. The van der Waals surface area contributed by atoms with E-state index in [2.05, 4.69) is 103 Å².